The summed E-state index contributed by atoms with van der Waals surface area (Å²) in [5, 5.41) is 3.39. The molecule has 0 saturated carbocycles. The van der Waals surface area contributed by atoms with Gasteiger partial charge in [0.2, 0.25) is 0 Å². The first-order valence-corrected chi connectivity index (χ1v) is 5.63. The molecule has 0 aromatic heterocycles. The highest BCUT2D eigenvalue weighted by molar-refractivity contribution is 9.10. The third-order valence-corrected chi connectivity index (χ3v) is 2.63. The van der Waals surface area contributed by atoms with Gasteiger partial charge in [-0.15, -0.1) is 0 Å². The molecular weight excluding hydrogens is 240 g/mol. The number of nitrogen functional groups attached to an aromatic ring is 1. The van der Waals surface area contributed by atoms with Crippen LogP contribution in [0.3, 0.4) is 0 Å². The van der Waals surface area contributed by atoms with Crippen LogP contribution >= 0.6 is 15.9 Å². The van der Waals surface area contributed by atoms with Gasteiger partial charge in [-0.05, 0) is 46.1 Å². The summed E-state index contributed by atoms with van der Waals surface area (Å²) in [6, 6.07) is 6.03. The molecule has 0 heterocycles. The fourth-order valence-corrected chi connectivity index (χ4v) is 1.61. The van der Waals surface area contributed by atoms with Gasteiger partial charge in [0.15, 0.2) is 0 Å². The van der Waals surface area contributed by atoms with Gasteiger partial charge < -0.3 is 11.1 Å². The van der Waals surface area contributed by atoms with E-state index in [4.69, 9.17) is 5.73 Å². The van der Waals surface area contributed by atoms with Crippen LogP contribution in [0.1, 0.15) is 19.4 Å². The molecule has 0 atom stereocenters. The molecule has 1 aromatic carbocycles. The average Bonchev–Trinajstić information content (AvgIpc) is 2.10. The Bertz CT molecular complexity index is 297. The van der Waals surface area contributed by atoms with E-state index in [0.29, 0.717) is 5.92 Å². The van der Waals surface area contributed by atoms with Crippen molar-refractivity contribution >= 4 is 21.6 Å². The van der Waals surface area contributed by atoms with E-state index in [0.717, 1.165) is 23.2 Å². The van der Waals surface area contributed by atoms with E-state index < -0.39 is 0 Å². The van der Waals surface area contributed by atoms with Gasteiger partial charge >= 0.3 is 0 Å². The molecule has 2 nitrogen and oxygen atoms in total. The van der Waals surface area contributed by atoms with Crippen LogP contribution in [0, 0.1) is 5.92 Å². The number of hydrogen-bond donors (Lipinski definition) is 2. The second kappa shape index (κ2) is 5.37. The Morgan fingerprint density at radius 2 is 2.14 bits per heavy atom. The highest BCUT2D eigenvalue weighted by Crippen LogP contribution is 2.20. The van der Waals surface area contributed by atoms with Crippen molar-refractivity contribution in [1.82, 2.24) is 5.32 Å². The normalized spacial score (nSPS) is 10.9. The van der Waals surface area contributed by atoms with Gasteiger partial charge in [-0.1, -0.05) is 19.9 Å². The van der Waals surface area contributed by atoms with Gasteiger partial charge in [0.25, 0.3) is 0 Å². The summed E-state index contributed by atoms with van der Waals surface area (Å²) in [5.41, 5.74) is 7.74. The zero-order valence-corrected chi connectivity index (χ0v) is 10.3. The number of nitrogens with one attached hydrogen (secondary N) is 1. The molecule has 0 unspecified atom stereocenters. The van der Waals surface area contributed by atoms with Crippen molar-refractivity contribution in [3.05, 3.63) is 28.2 Å². The summed E-state index contributed by atoms with van der Waals surface area (Å²) >= 11 is 3.41. The van der Waals surface area contributed by atoms with Gasteiger partial charge in [-0.25, -0.2) is 0 Å². The Morgan fingerprint density at radius 3 is 2.71 bits per heavy atom. The molecule has 0 aliphatic rings. The van der Waals surface area contributed by atoms with Crippen LogP contribution in [0.5, 0.6) is 0 Å². The number of benzene rings is 1. The van der Waals surface area contributed by atoms with E-state index in [9.17, 15) is 0 Å². The van der Waals surface area contributed by atoms with Crippen molar-refractivity contribution in [2.75, 3.05) is 12.3 Å². The van der Waals surface area contributed by atoms with E-state index >= 15 is 0 Å². The van der Waals surface area contributed by atoms with Crippen molar-refractivity contribution in [2.24, 2.45) is 5.92 Å². The molecule has 14 heavy (non-hydrogen) atoms. The molecule has 3 heteroatoms. The Kier molecular flexibility index (Phi) is 4.42. The smallest absolute Gasteiger partial charge is 0.0458 e. The quantitative estimate of drug-likeness (QED) is 0.814. The molecule has 0 fully saturated rings. The third-order valence-electron chi connectivity index (χ3n) is 1.95. The Labute approximate surface area is 94.0 Å². The van der Waals surface area contributed by atoms with Gasteiger partial charge in [-0.3, -0.25) is 0 Å². The highest BCUT2D eigenvalue weighted by Gasteiger charge is 1.98. The SMILES string of the molecule is CC(C)CNCc1ccc(N)c(Br)c1. The van der Waals surface area contributed by atoms with Crippen molar-refractivity contribution in [3.63, 3.8) is 0 Å². The first-order valence-electron chi connectivity index (χ1n) is 4.84. The largest absolute Gasteiger partial charge is 0.398 e. The number of halogens is 1. The second-order valence-corrected chi connectivity index (χ2v) is 4.73. The van der Waals surface area contributed by atoms with E-state index in [2.05, 4.69) is 41.2 Å². The van der Waals surface area contributed by atoms with Gasteiger partial charge in [0, 0.05) is 16.7 Å². The summed E-state index contributed by atoms with van der Waals surface area (Å²) in [5.74, 6) is 0.687. The maximum Gasteiger partial charge on any atom is 0.0458 e. The molecule has 0 bridgehead atoms. The molecule has 1 aromatic rings. The lowest BCUT2D eigenvalue weighted by Gasteiger charge is -2.08. The first-order chi connectivity index (χ1) is 6.59. The van der Waals surface area contributed by atoms with E-state index in [1.165, 1.54) is 5.56 Å². The zero-order valence-electron chi connectivity index (χ0n) is 8.68. The van der Waals surface area contributed by atoms with Crippen LogP contribution in [0.4, 0.5) is 5.69 Å². The first kappa shape index (κ1) is 11.5. The molecule has 0 spiro atoms. The average molecular weight is 257 g/mol. The number of rotatable bonds is 4. The molecular formula is C11H17BrN2. The van der Waals surface area contributed by atoms with Crippen LogP contribution in [0.25, 0.3) is 0 Å². The maximum absolute atomic E-state index is 5.70. The maximum atomic E-state index is 5.70. The van der Waals surface area contributed by atoms with Gasteiger partial charge in [0.05, 0.1) is 0 Å². The standard InChI is InChI=1S/C11H17BrN2/c1-8(2)6-14-7-9-3-4-11(13)10(12)5-9/h3-5,8,14H,6-7,13H2,1-2H3. The van der Waals surface area contributed by atoms with Crippen molar-refractivity contribution in [1.29, 1.82) is 0 Å². The molecule has 0 radical (unpaired) electrons. The van der Waals surface area contributed by atoms with Crippen LogP contribution in [-0.2, 0) is 6.54 Å². The summed E-state index contributed by atoms with van der Waals surface area (Å²) in [7, 11) is 0. The van der Waals surface area contributed by atoms with E-state index in [-0.39, 0.29) is 0 Å². The molecule has 0 saturated heterocycles. The summed E-state index contributed by atoms with van der Waals surface area (Å²) < 4.78 is 0.973. The Balaban J connectivity index is 2.47. The van der Waals surface area contributed by atoms with E-state index in [1.54, 1.807) is 0 Å². The molecule has 3 N–H and O–H groups in total. The minimum absolute atomic E-state index is 0.687. The number of hydrogen-bond acceptors (Lipinski definition) is 2. The van der Waals surface area contributed by atoms with Gasteiger partial charge in [0.1, 0.15) is 0 Å². The Morgan fingerprint density at radius 1 is 1.43 bits per heavy atom. The van der Waals surface area contributed by atoms with Crippen LogP contribution in [-0.4, -0.2) is 6.54 Å². The lowest BCUT2D eigenvalue weighted by molar-refractivity contribution is 0.552. The molecule has 1 rings (SSSR count). The molecule has 0 aliphatic heterocycles. The lowest BCUT2D eigenvalue weighted by atomic mass is 10.2. The summed E-state index contributed by atoms with van der Waals surface area (Å²) in [6.45, 7) is 6.34. The van der Waals surface area contributed by atoms with Crippen LogP contribution in [0.15, 0.2) is 22.7 Å². The molecule has 78 valence electrons. The fourth-order valence-electron chi connectivity index (χ4n) is 1.19. The predicted octanol–water partition coefficient (Wildman–Crippen LogP) is 2.78. The van der Waals surface area contributed by atoms with Crippen molar-refractivity contribution in [3.8, 4) is 0 Å². The Hall–Kier alpha value is -0.540. The topological polar surface area (TPSA) is 38.0 Å². The highest BCUT2D eigenvalue weighted by atomic mass is 79.9. The minimum atomic E-state index is 0.687. The monoisotopic (exact) mass is 256 g/mol. The van der Waals surface area contributed by atoms with E-state index in [1.807, 2.05) is 12.1 Å². The van der Waals surface area contributed by atoms with Crippen LogP contribution < -0.4 is 11.1 Å². The minimum Gasteiger partial charge on any atom is -0.398 e. The fraction of sp³-hybridized carbons (Fsp3) is 0.455. The predicted molar refractivity (Wildman–Crippen MR) is 65.1 cm³/mol. The number of anilines is 1. The van der Waals surface area contributed by atoms with Gasteiger partial charge in [-0.2, -0.15) is 0 Å². The summed E-state index contributed by atoms with van der Waals surface area (Å²) in [6.07, 6.45) is 0. The van der Waals surface area contributed by atoms with Crippen LogP contribution in [0.2, 0.25) is 0 Å². The zero-order chi connectivity index (χ0) is 10.6. The van der Waals surface area contributed by atoms with Crippen molar-refractivity contribution in [2.45, 2.75) is 20.4 Å². The van der Waals surface area contributed by atoms with Crippen molar-refractivity contribution < 1.29 is 0 Å². The number of nitrogens with two attached hydrogens (primary N) is 1. The summed E-state index contributed by atoms with van der Waals surface area (Å²) in [4.78, 5) is 0. The molecule has 0 amide bonds. The lowest BCUT2D eigenvalue weighted by Crippen LogP contribution is -2.18. The molecule has 0 aliphatic carbocycles. The third kappa shape index (κ3) is 3.68. The second-order valence-electron chi connectivity index (χ2n) is 3.88.